The summed E-state index contributed by atoms with van der Waals surface area (Å²) in [5.74, 6) is -0.808. The Morgan fingerprint density at radius 3 is 2.33 bits per heavy atom. The van der Waals surface area contributed by atoms with Gasteiger partial charge in [0.1, 0.15) is 0 Å². The zero-order chi connectivity index (χ0) is 17.3. The fourth-order valence-electron chi connectivity index (χ4n) is 2.71. The van der Waals surface area contributed by atoms with Gasteiger partial charge < -0.3 is 11.5 Å². The summed E-state index contributed by atoms with van der Waals surface area (Å²) in [6.45, 7) is 2.00. The predicted molar refractivity (Wildman–Crippen MR) is 93.3 cm³/mol. The summed E-state index contributed by atoms with van der Waals surface area (Å²) in [6.07, 6.45) is 0.214. The third kappa shape index (κ3) is 3.10. The van der Waals surface area contributed by atoms with E-state index in [1.54, 1.807) is 12.1 Å². The van der Waals surface area contributed by atoms with Crippen LogP contribution in [0.4, 0.5) is 0 Å². The monoisotopic (exact) mass is 319 g/mol. The summed E-state index contributed by atoms with van der Waals surface area (Å²) in [6, 6.07) is 14.7. The molecule has 0 fully saturated rings. The van der Waals surface area contributed by atoms with Crippen molar-refractivity contribution in [2.75, 3.05) is 0 Å². The molecular weight excluding hydrogens is 302 g/mol. The summed E-state index contributed by atoms with van der Waals surface area (Å²) in [4.78, 5) is 26.9. The van der Waals surface area contributed by atoms with E-state index in [-0.39, 0.29) is 12.3 Å². The number of hydrogen-bond donors (Lipinski definition) is 2. The first kappa shape index (κ1) is 15.7. The summed E-state index contributed by atoms with van der Waals surface area (Å²) in [7, 11) is 0. The number of nitrogens with two attached hydrogens (primary N) is 2. The van der Waals surface area contributed by atoms with Crippen molar-refractivity contribution in [3.8, 4) is 11.3 Å². The molecule has 120 valence electrons. The average Bonchev–Trinajstić information content (AvgIpc) is 2.55. The highest BCUT2D eigenvalue weighted by atomic mass is 16.1. The summed E-state index contributed by atoms with van der Waals surface area (Å²) in [5.41, 5.74) is 15.5. The molecule has 2 aromatic carbocycles. The Kier molecular flexibility index (Phi) is 4.00. The van der Waals surface area contributed by atoms with Gasteiger partial charge >= 0.3 is 0 Å². The number of pyridine rings is 1. The van der Waals surface area contributed by atoms with Crippen molar-refractivity contribution in [3.63, 3.8) is 0 Å². The van der Waals surface area contributed by atoms with E-state index < -0.39 is 5.91 Å². The van der Waals surface area contributed by atoms with Crippen LogP contribution in [0.5, 0.6) is 0 Å². The minimum atomic E-state index is -0.453. The van der Waals surface area contributed by atoms with Crippen LogP contribution in [0.1, 0.15) is 21.5 Å². The largest absolute Gasteiger partial charge is 0.369 e. The topological polar surface area (TPSA) is 99.1 Å². The third-order valence-electron chi connectivity index (χ3n) is 3.92. The molecule has 0 bridgehead atoms. The minimum Gasteiger partial charge on any atom is -0.369 e. The maximum Gasteiger partial charge on any atom is 0.248 e. The fourth-order valence-corrected chi connectivity index (χ4v) is 2.71. The molecule has 0 spiro atoms. The van der Waals surface area contributed by atoms with Crippen LogP contribution in [-0.4, -0.2) is 16.8 Å². The van der Waals surface area contributed by atoms with E-state index in [1.165, 1.54) is 0 Å². The highest BCUT2D eigenvalue weighted by Crippen LogP contribution is 2.25. The van der Waals surface area contributed by atoms with Gasteiger partial charge in [-0.25, -0.2) is 4.98 Å². The first-order chi connectivity index (χ1) is 11.4. The van der Waals surface area contributed by atoms with Crippen molar-refractivity contribution in [3.05, 3.63) is 65.2 Å². The third-order valence-corrected chi connectivity index (χ3v) is 3.92. The Balaban J connectivity index is 2.04. The van der Waals surface area contributed by atoms with Gasteiger partial charge in [-0.2, -0.15) is 0 Å². The molecule has 24 heavy (non-hydrogen) atoms. The lowest BCUT2D eigenvalue weighted by Gasteiger charge is -2.09. The van der Waals surface area contributed by atoms with Gasteiger partial charge in [0.2, 0.25) is 11.8 Å². The molecule has 0 saturated heterocycles. The number of nitrogens with zero attached hydrogens (tertiary/aromatic N) is 1. The number of hydrogen-bond acceptors (Lipinski definition) is 3. The lowest BCUT2D eigenvalue weighted by molar-refractivity contribution is -0.117. The SMILES string of the molecule is Cc1cc(-c2ccc(C(N)=O)cc2)nc2ccc(CC(N)=O)cc12. The molecule has 0 unspecified atom stereocenters. The second-order valence-electron chi connectivity index (χ2n) is 5.76. The van der Waals surface area contributed by atoms with Crippen LogP contribution in [0.15, 0.2) is 48.5 Å². The van der Waals surface area contributed by atoms with Crippen LogP contribution in [0.25, 0.3) is 22.2 Å². The lowest BCUT2D eigenvalue weighted by atomic mass is 10.0. The number of primary amides is 2. The second kappa shape index (κ2) is 6.12. The highest BCUT2D eigenvalue weighted by molar-refractivity contribution is 5.93. The van der Waals surface area contributed by atoms with Crippen molar-refractivity contribution in [1.29, 1.82) is 0 Å². The smallest absolute Gasteiger partial charge is 0.248 e. The van der Waals surface area contributed by atoms with Crippen molar-refractivity contribution in [1.82, 2.24) is 4.98 Å². The number of fused-ring (bicyclic) bond motifs is 1. The average molecular weight is 319 g/mol. The first-order valence-electron chi connectivity index (χ1n) is 7.53. The fraction of sp³-hybridized carbons (Fsp3) is 0.105. The van der Waals surface area contributed by atoms with Crippen LogP contribution >= 0.6 is 0 Å². The van der Waals surface area contributed by atoms with Gasteiger partial charge in [-0.1, -0.05) is 18.2 Å². The highest BCUT2D eigenvalue weighted by Gasteiger charge is 2.08. The maximum absolute atomic E-state index is 11.2. The van der Waals surface area contributed by atoms with Gasteiger partial charge in [-0.05, 0) is 48.4 Å². The number of carbonyl (C=O) groups excluding carboxylic acids is 2. The van der Waals surface area contributed by atoms with Gasteiger partial charge in [0.05, 0.1) is 17.6 Å². The Morgan fingerprint density at radius 2 is 1.71 bits per heavy atom. The van der Waals surface area contributed by atoms with E-state index in [0.29, 0.717) is 5.56 Å². The van der Waals surface area contributed by atoms with Crippen LogP contribution in [-0.2, 0) is 11.2 Å². The molecular formula is C19H17N3O2. The molecule has 0 aliphatic rings. The van der Waals surface area contributed by atoms with E-state index in [2.05, 4.69) is 4.98 Å². The van der Waals surface area contributed by atoms with Crippen LogP contribution in [0.3, 0.4) is 0 Å². The molecule has 3 rings (SSSR count). The van der Waals surface area contributed by atoms with Crippen LogP contribution in [0, 0.1) is 6.92 Å². The van der Waals surface area contributed by atoms with Gasteiger partial charge in [-0.15, -0.1) is 0 Å². The minimum absolute atomic E-state index is 0.214. The van der Waals surface area contributed by atoms with E-state index in [9.17, 15) is 9.59 Å². The lowest BCUT2D eigenvalue weighted by Crippen LogP contribution is -2.13. The summed E-state index contributed by atoms with van der Waals surface area (Å²) >= 11 is 0. The Morgan fingerprint density at radius 1 is 1.00 bits per heavy atom. The number of benzene rings is 2. The summed E-state index contributed by atoms with van der Waals surface area (Å²) < 4.78 is 0. The standard InChI is InChI=1S/C19H17N3O2/c1-11-8-17(13-3-5-14(6-4-13)19(21)24)22-16-7-2-12(9-15(11)16)10-18(20)23/h2-9H,10H2,1H3,(H2,20,23)(H2,21,24). The Labute approximate surface area is 139 Å². The molecule has 5 nitrogen and oxygen atoms in total. The number of rotatable bonds is 4. The first-order valence-corrected chi connectivity index (χ1v) is 7.53. The Bertz CT molecular complexity index is 947. The van der Waals surface area contributed by atoms with E-state index in [0.717, 1.165) is 33.3 Å². The van der Waals surface area contributed by atoms with Crippen LogP contribution < -0.4 is 11.5 Å². The molecule has 3 aromatic rings. The van der Waals surface area contributed by atoms with Crippen molar-refractivity contribution in [2.45, 2.75) is 13.3 Å². The molecule has 4 N–H and O–H groups in total. The van der Waals surface area contributed by atoms with Crippen molar-refractivity contribution in [2.24, 2.45) is 11.5 Å². The summed E-state index contributed by atoms with van der Waals surface area (Å²) in [5, 5.41) is 0.992. The second-order valence-corrected chi connectivity index (χ2v) is 5.76. The predicted octanol–water partition coefficient (Wildman–Crippen LogP) is 2.34. The molecule has 1 aromatic heterocycles. The van der Waals surface area contributed by atoms with Crippen molar-refractivity contribution >= 4 is 22.7 Å². The number of amides is 2. The van der Waals surface area contributed by atoms with Crippen molar-refractivity contribution < 1.29 is 9.59 Å². The molecule has 0 radical (unpaired) electrons. The molecule has 0 aliphatic carbocycles. The van der Waals surface area contributed by atoms with Gasteiger partial charge in [-0.3, -0.25) is 9.59 Å². The maximum atomic E-state index is 11.2. The normalized spacial score (nSPS) is 10.7. The Hall–Kier alpha value is -3.21. The molecule has 2 amide bonds. The van der Waals surface area contributed by atoms with Gasteiger partial charge in [0.15, 0.2) is 0 Å². The quantitative estimate of drug-likeness (QED) is 0.772. The number of carbonyl (C=O) groups is 2. The van der Waals surface area contributed by atoms with Crippen LogP contribution in [0.2, 0.25) is 0 Å². The number of aromatic nitrogens is 1. The molecule has 0 aliphatic heterocycles. The van der Waals surface area contributed by atoms with E-state index in [1.807, 2.05) is 43.3 Å². The zero-order valence-corrected chi connectivity index (χ0v) is 13.2. The molecule has 1 heterocycles. The molecule has 0 atom stereocenters. The van der Waals surface area contributed by atoms with E-state index in [4.69, 9.17) is 11.5 Å². The zero-order valence-electron chi connectivity index (χ0n) is 13.2. The number of aryl methyl sites for hydroxylation is 1. The van der Waals surface area contributed by atoms with E-state index >= 15 is 0 Å². The molecule has 0 saturated carbocycles. The van der Waals surface area contributed by atoms with Gasteiger partial charge in [0.25, 0.3) is 0 Å². The van der Waals surface area contributed by atoms with Gasteiger partial charge in [0, 0.05) is 16.5 Å². The molecule has 5 heteroatoms.